The van der Waals surface area contributed by atoms with Crippen LogP contribution in [0, 0.1) is 11.3 Å². The Morgan fingerprint density at radius 3 is 2.70 bits per heavy atom. The summed E-state index contributed by atoms with van der Waals surface area (Å²) in [6, 6.07) is 9.91. The third-order valence-corrected chi connectivity index (χ3v) is 3.57. The number of nitriles is 1. The van der Waals surface area contributed by atoms with Crippen molar-refractivity contribution in [1.29, 1.82) is 5.26 Å². The van der Waals surface area contributed by atoms with E-state index in [0.717, 1.165) is 16.9 Å². The Morgan fingerprint density at radius 1 is 1.30 bits per heavy atom. The Morgan fingerprint density at radius 2 is 2.05 bits per heavy atom. The van der Waals surface area contributed by atoms with E-state index in [0.29, 0.717) is 10.6 Å². The lowest BCUT2D eigenvalue weighted by molar-refractivity contribution is 0.416. The summed E-state index contributed by atoms with van der Waals surface area (Å²) in [7, 11) is 5.41. The quantitative estimate of drug-likeness (QED) is 0.638. The van der Waals surface area contributed by atoms with Gasteiger partial charge in [-0.3, -0.25) is 0 Å². The molecule has 0 amide bonds. The fraction of sp³-hybridized carbons (Fsp3) is 0.200. The van der Waals surface area contributed by atoms with Crippen molar-refractivity contribution in [3.05, 3.63) is 35.2 Å². The number of benzene rings is 1. The van der Waals surface area contributed by atoms with Crippen LogP contribution in [0.5, 0.6) is 5.75 Å². The van der Waals surface area contributed by atoms with Gasteiger partial charge in [0.15, 0.2) is 0 Å². The first-order valence-corrected chi connectivity index (χ1v) is 6.91. The molecule has 0 atom stereocenters. The average Bonchev–Trinajstić information content (AvgIpc) is 2.87. The molecular formula is C15H15N3OS. The summed E-state index contributed by atoms with van der Waals surface area (Å²) < 4.78 is 5.36. The first-order chi connectivity index (χ1) is 9.67. The summed E-state index contributed by atoms with van der Waals surface area (Å²) in [4.78, 5) is 6.17. The predicted octanol–water partition coefficient (Wildman–Crippen LogP) is 3.52. The molecule has 20 heavy (non-hydrogen) atoms. The molecular weight excluding hydrogens is 270 g/mol. The molecule has 0 radical (unpaired) electrons. The van der Waals surface area contributed by atoms with Gasteiger partial charge in [0.1, 0.15) is 16.8 Å². The molecule has 0 spiro atoms. The van der Waals surface area contributed by atoms with Crippen LogP contribution in [0.2, 0.25) is 0 Å². The number of thiophene rings is 1. The van der Waals surface area contributed by atoms with Crippen molar-refractivity contribution in [2.75, 3.05) is 21.2 Å². The van der Waals surface area contributed by atoms with E-state index in [2.05, 4.69) is 11.1 Å². The minimum absolute atomic E-state index is 0.581. The Labute approximate surface area is 122 Å². The molecule has 0 fully saturated rings. The second-order valence-corrected chi connectivity index (χ2v) is 5.21. The van der Waals surface area contributed by atoms with E-state index in [9.17, 15) is 5.26 Å². The van der Waals surface area contributed by atoms with Gasteiger partial charge in [0, 0.05) is 30.6 Å². The van der Waals surface area contributed by atoms with Gasteiger partial charge in [-0.2, -0.15) is 5.26 Å². The Balaban J connectivity index is 2.51. The van der Waals surface area contributed by atoms with Crippen molar-refractivity contribution in [2.45, 2.75) is 0 Å². The molecule has 2 rings (SSSR count). The smallest absolute Gasteiger partial charge is 0.136 e. The molecule has 1 aromatic carbocycles. The van der Waals surface area contributed by atoms with Crippen LogP contribution in [-0.2, 0) is 0 Å². The van der Waals surface area contributed by atoms with Gasteiger partial charge in [0.25, 0.3) is 0 Å². The molecule has 0 unspecified atom stereocenters. The SMILES string of the molecule is COc1ccccc1-c1csc(N=CN(C)C)c1C#N. The van der Waals surface area contributed by atoms with Gasteiger partial charge in [-0.1, -0.05) is 18.2 Å². The number of para-hydroxylation sites is 1. The van der Waals surface area contributed by atoms with Gasteiger partial charge in [-0.05, 0) is 6.07 Å². The van der Waals surface area contributed by atoms with Gasteiger partial charge in [0.05, 0.1) is 19.0 Å². The average molecular weight is 285 g/mol. The number of methoxy groups -OCH3 is 1. The molecule has 1 heterocycles. The molecule has 0 N–H and O–H groups in total. The lowest BCUT2D eigenvalue weighted by Gasteiger charge is -2.06. The molecule has 1 aromatic heterocycles. The highest BCUT2D eigenvalue weighted by Crippen LogP contribution is 2.40. The van der Waals surface area contributed by atoms with E-state index in [-0.39, 0.29) is 0 Å². The van der Waals surface area contributed by atoms with E-state index in [1.54, 1.807) is 13.4 Å². The van der Waals surface area contributed by atoms with E-state index >= 15 is 0 Å². The standard InChI is InChI=1S/C15H15N3OS/c1-18(2)10-17-15-12(8-16)13(9-20-15)11-6-4-5-7-14(11)19-3/h4-7,9-10H,1-3H3. The molecule has 0 aliphatic carbocycles. The molecule has 0 bridgehead atoms. The minimum atomic E-state index is 0.581. The highest BCUT2D eigenvalue weighted by Gasteiger charge is 2.15. The zero-order chi connectivity index (χ0) is 14.5. The van der Waals surface area contributed by atoms with Crippen molar-refractivity contribution in [1.82, 2.24) is 4.90 Å². The monoisotopic (exact) mass is 285 g/mol. The molecule has 4 nitrogen and oxygen atoms in total. The fourth-order valence-corrected chi connectivity index (χ4v) is 2.64. The Kier molecular flexibility index (Phi) is 4.38. The topological polar surface area (TPSA) is 48.6 Å². The van der Waals surface area contributed by atoms with Crippen LogP contribution >= 0.6 is 11.3 Å². The number of rotatable bonds is 4. The van der Waals surface area contributed by atoms with Gasteiger partial charge >= 0.3 is 0 Å². The largest absolute Gasteiger partial charge is 0.496 e. The first kappa shape index (κ1) is 14.1. The van der Waals surface area contributed by atoms with Crippen molar-refractivity contribution in [3.8, 4) is 22.9 Å². The van der Waals surface area contributed by atoms with Crippen LogP contribution in [-0.4, -0.2) is 32.4 Å². The molecule has 0 saturated carbocycles. The second-order valence-electron chi connectivity index (χ2n) is 4.35. The van der Waals surface area contributed by atoms with Gasteiger partial charge in [-0.25, -0.2) is 4.99 Å². The van der Waals surface area contributed by atoms with Crippen LogP contribution < -0.4 is 4.74 Å². The maximum Gasteiger partial charge on any atom is 0.136 e. The zero-order valence-electron chi connectivity index (χ0n) is 11.6. The lowest BCUT2D eigenvalue weighted by atomic mass is 10.0. The van der Waals surface area contributed by atoms with Gasteiger partial charge in [-0.15, -0.1) is 11.3 Å². The second kappa shape index (κ2) is 6.22. The molecule has 2 aromatic rings. The number of aliphatic imine (C=N–C) groups is 1. The Bertz CT molecular complexity index is 668. The fourth-order valence-electron chi connectivity index (χ4n) is 1.78. The summed E-state index contributed by atoms with van der Waals surface area (Å²) in [5, 5.41) is 12.1. The zero-order valence-corrected chi connectivity index (χ0v) is 12.4. The third-order valence-electron chi connectivity index (χ3n) is 2.69. The maximum atomic E-state index is 9.41. The molecule has 102 valence electrons. The summed E-state index contributed by atoms with van der Waals surface area (Å²) in [6.07, 6.45) is 1.69. The van der Waals surface area contributed by atoms with Crippen LogP contribution in [0.4, 0.5) is 5.00 Å². The van der Waals surface area contributed by atoms with E-state index in [4.69, 9.17) is 4.74 Å². The van der Waals surface area contributed by atoms with Crippen LogP contribution in [0.25, 0.3) is 11.1 Å². The number of hydrogen-bond acceptors (Lipinski definition) is 4. The van der Waals surface area contributed by atoms with Crippen LogP contribution in [0.15, 0.2) is 34.6 Å². The maximum absolute atomic E-state index is 9.41. The van der Waals surface area contributed by atoms with Crippen molar-refractivity contribution >= 4 is 22.7 Å². The third kappa shape index (κ3) is 2.81. The van der Waals surface area contributed by atoms with E-state index < -0.39 is 0 Å². The molecule has 5 heteroatoms. The normalized spacial score (nSPS) is 10.5. The highest BCUT2D eigenvalue weighted by atomic mass is 32.1. The van der Waals surface area contributed by atoms with Crippen molar-refractivity contribution in [3.63, 3.8) is 0 Å². The number of ether oxygens (including phenoxy) is 1. The van der Waals surface area contributed by atoms with Gasteiger partial charge in [0.2, 0.25) is 0 Å². The summed E-state index contributed by atoms with van der Waals surface area (Å²) >= 11 is 1.45. The Hall–Kier alpha value is -2.32. The summed E-state index contributed by atoms with van der Waals surface area (Å²) in [5.74, 6) is 0.755. The first-order valence-electron chi connectivity index (χ1n) is 6.03. The van der Waals surface area contributed by atoms with E-state index in [1.807, 2.05) is 48.6 Å². The summed E-state index contributed by atoms with van der Waals surface area (Å²) in [5.41, 5.74) is 2.35. The minimum Gasteiger partial charge on any atom is -0.496 e. The summed E-state index contributed by atoms with van der Waals surface area (Å²) in [6.45, 7) is 0. The van der Waals surface area contributed by atoms with Gasteiger partial charge < -0.3 is 9.64 Å². The van der Waals surface area contributed by atoms with Crippen LogP contribution in [0.3, 0.4) is 0 Å². The molecule has 0 aliphatic rings. The lowest BCUT2D eigenvalue weighted by Crippen LogP contribution is -2.06. The van der Waals surface area contributed by atoms with Crippen molar-refractivity contribution in [2.24, 2.45) is 4.99 Å². The number of nitrogens with zero attached hydrogens (tertiary/aromatic N) is 3. The predicted molar refractivity (Wildman–Crippen MR) is 82.9 cm³/mol. The highest BCUT2D eigenvalue weighted by molar-refractivity contribution is 7.14. The molecule has 0 aliphatic heterocycles. The van der Waals surface area contributed by atoms with E-state index in [1.165, 1.54) is 11.3 Å². The molecule has 0 saturated heterocycles. The van der Waals surface area contributed by atoms with Crippen LogP contribution in [0.1, 0.15) is 5.56 Å². The number of hydrogen-bond donors (Lipinski definition) is 0. The van der Waals surface area contributed by atoms with Crippen molar-refractivity contribution < 1.29 is 4.74 Å².